The molecule has 5 heterocycles. The molecular weight excluding hydrogens is 659 g/mol. The quantitative estimate of drug-likeness (QED) is 0.241. The number of hydrogen-bond donors (Lipinski definition) is 2. The van der Waals surface area contributed by atoms with E-state index < -0.39 is 18.1 Å². The van der Waals surface area contributed by atoms with Crippen molar-refractivity contribution >= 4 is 51.4 Å². The molecule has 50 heavy (non-hydrogen) atoms. The molecule has 0 radical (unpaired) electrons. The van der Waals surface area contributed by atoms with Gasteiger partial charge in [-0.1, -0.05) is 51.9 Å². The summed E-state index contributed by atoms with van der Waals surface area (Å²) in [5.74, 6) is -1.48. The Balaban J connectivity index is 1.58. The van der Waals surface area contributed by atoms with Crippen molar-refractivity contribution < 1.29 is 19.1 Å². The van der Waals surface area contributed by atoms with Crippen molar-refractivity contribution in [3.63, 3.8) is 0 Å². The maximum absolute atomic E-state index is 18.0. The highest BCUT2D eigenvalue weighted by Crippen LogP contribution is 2.54. The highest BCUT2D eigenvalue weighted by molar-refractivity contribution is 6.34. The fourth-order valence-corrected chi connectivity index (χ4v) is 8.07. The molecule has 0 aliphatic carbocycles. The van der Waals surface area contributed by atoms with Crippen molar-refractivity contribution in [3.8, 4) is 11.1 Å². The lowest BCUT2D eigenvalue weighted by atomic mass is 9.87. The van der Waals surface area contributed by atoms with Gasteiger partial charge in [0.05, 0.1) is 57.4 Å². The van der Waals surface area contributed by atoms with Crippen LogP contribution in [0.15, 0.2) is 49.1 Å². The van der Waals surface area contributed by atoms with E-state index >= 15 is 4.39 Å². The lowest BCUT2D eigenvalue weighted by Gasteiger charge is -2.54. The van der Waals surface area contributed by atoms with Crippen LogP contribution in [-0.2, 0) is 9.59 Å². The van der Waals surface area contributed by atoms with E-state index in [1.807, 2.05) is 58.6 Å². The Morgan fingerprint density at radius 1 is 1.12 bits per heavy atom. The lowest BCUT2D eigenvalue weighted by molar-refractivity contribution is -0.142. The van der Waals surface area contributed by atoms with Crippen LogP contribution >= 0.6 is 11.6 Å². The average Bonchev–Trinajstić information content (AvgIpc) is 3.56. The molecule has 3 unspecified atom stereocenters. The van der Waals surface area contributed by atoms with Gasteiger partial charge in [-0.2, -0.15) is 5.10 Å². The largest absolute Gasteiger partial charge is 0.368 e. The van der Waals surface area contributed by atoms with Crippen LogP contribution in [-0.4, -0.2) is 90.2 Å². The molecule has 3 aliphatic heterocycles. The monoisotopic (exact) mass is 698 g/mol. The molecule has 3 atom stereocenters. The summed E-state index contributed by atoms with van der Waals surface area (Å²) in [7, 11) is 1.60. The summed E-state index contributed by atoms with van der Waals surface area (Å²) >= 11 is 7.16. The van der Waals surface area contributed by atoms with E-state index in [1.54, 1.807) is 29.1 Å². The Morgan fingerprint density at radius 3 is 2.44 bits per heavy atom. The number of amides is 2. The molecule has 0 bridgehead atoms. The van der Waals surface area contributed by atoms with Gasteiger partial charge in [0.25, 0.3) is 5.91 Å². The zero-order chi connectivity index (χ0) is 35.9. The molecule has 13 heteroatoms. The zero-order valence-electron chi connectivity index (χ0n) is 29.1. The molecule has 3 aliphatic rings. The number of nitrogens with zero attached hydrogens (tertiary/aromatic N) is 7. The summed E-state index contributed by atoms with van der Waals surface area (Å²) in [5.41, 5.74) is 5.21. The fourth-order valence-electron chi connectivity index (χ4n) is 7.78. The zero-order valence-corrected chi connectivity index (χ0v) is 29.9. The number of nitrogens with one attached hydrogen (secondary N) is 1. The molecule has 2 N–H and O–H groups in total. The Hall–Kier alpha value is -4.81. The van der Waals surface area contributed by atoms with Gasteiger partial charge in [-0.3, -0.25) is 14.7 Å². The van der Waals surface area contributed by atoms with Crippen LogP contribution in [0.4, 0.5) is 15.8 Å². The van der Waals surface area contributed by atoms with Crippen LogP contribution in [0, 0.1) is 12.7 Å². The van der Waals surface area contributed by atoms with Gasteiger partial charge in [-0.05, 0) is 49.5 Å². The number of aryl methyl sites for hydroxylation is 1. The topological polar surface area (TPSA) is 122 Å². The first-order valence-corrected chi connectivity index (χ1v) is 17.1. The Bertz CT molecular complexity index is 2100. The molecule has 11 nitrogen and oxygen atoms in total. The summed E-state index contributed by atoms with van der Waals surface area (Å²) in [6.07, 6.45) is 2.86. The molecule has 7 rings (SSSR count). The number of hydrogen-bond acceptors (Lipinski definition) is 8. The van der Waals surface area contributed by atoms with E-state index in [2.05, 4.69) is 26.7 Å². The summed E-state index contributed by atoms with van der Waals surface area (Å²) in [4.78, 5) is 42.8. The molecule has 260 valence electrons. The van der Waals surface area contributed by atoms with E-state index in [0.717, 1.165) is 11.1 Å². The molecule has 0 saturated carbocycles. The van der Waals surface area contributed by atoms with Gasteiger partial charge in [0.15, 0.2) is 12.0 Å². The molecule has 1 saturated heterocycles. The molecule has 0 spiro atoms. The Morgan fingerprint density at radius 2 is 1.80 bits per heavy atom. The van der Waals surface area contributed by atoms with Crippen LogP contribution in [0.1, 0.15) is 69.0 Å². The number of fused-ring (bicyclic) bond motifs is 5. The summed E-state index contributed by atoms with van der Waals surface area (Å²) in [5, 5.41) is 20.7. The summed E-state index contributed by atoms with van der Waals surface area (Å²) in [6, 6.07) is 4.39. The predicted octanol–water partition coefficient (Wildman–Crippen LogP) is 6.07. The van der Waals surface area contributed by atoms with Crippen LogP contribution in [0.25, 0.3) is 27.7 Å². The third kappa shape index (κ3) is 4.83. The lowest BCUT2D eigenvalue weighted by Crippen LogP contribution is -2.66. The van der Waals surface area contributed by atoms with Gasteiger partial charge in [0.2, 0.25) is 5.91 Å². The van der Waals surface area contributed by atoms with E-state index in [0.29, 0.717) is 39.3 Å². The third-order valence-electron chi connectivity index (χ3n) is 10.2. The van der Waals surface area contributed by atoms with Crippen molar-refractivity contribution in [2.75, 3.05) is 25.0 Å². The first kappa shape index (κ1) is 33.7. The number of H-pyrrole nitrogens is 1. The van der Waals surface area contributed by atoms with E-state index in [4.69, 9.17) is 11.6 Å². The summed E-state index contributed by atoms with van der Waals surface area (Å²) < 4.78 is 18.0. The average molecular weight is 699 g/mol. The number of aromatic amines is 1. The maximum atomic E-state index is 18.0. The number of halogens is 2. The number of likely N-dealkylation sites (N-methyl/N-ethyl adjacent to an activating group) is 1. The SMILES string of the molecule is C=CC(=O)N1CC2C(=O)N(C)C3=C(c4cc(Cl)c(-c5c(C)ccc6[nH]ncc56)c(F)c4N(c4c(C(C)C)ncnc4C(C)C)C3O)N2CC1C. The molecule has 4 aromatic rings. The Labute approximate surface area is 295 Å². The number of aromatic nitrogens is 4. The van der Waals surface area contributed by atoms with Crippen LogP contribution in [0.2, 0.25) is 5.02 Å². The molecule has 2 amide bonds. The highest BCUT2D eigenvalue weighted by Gasteiger charge is 2.51. The minimum absolute atomic E-state index is 0.0906. The highest BCUT2D eigenvalue weighted by atomic mass is 35.5. The number of benzene rings is 2. The first-order valence-electron chi connectivity index (χ1n) is 16.8. The number of aliphatic hydroxyl groups excluding tert-OH is 1. The smallest absolute Gasteiger partial charge is 0.251 e. The molecular formula is C37H40ClFN8O3. The van der Waals surface area contributed by atoms with Gasteiger partial charge < -0.3 is 24.7 Å². The second-order valence-corrected chi connectivity index (χ2v) is 14.3. The number of aliphatic hydroxyl groups is 1. The number of anilines is 2. The van der Waals surface area contributed by atoms with Gasteiger partial charge in [0.1, 0.15) is 12.4 Å². The molecule has 1 fully saturated rings. The molecule has 2 aromatic carbocycles. The predicted molar refractivity (Wildman–Crippen MR) is 191 cm³/mol. The number of rotatable bonds is 5. The fraction of sp³-hybridized carbons (Fsp3) is 0.378. The molecule has 2 aromatic heterocycles. The normalized spacial score (nSPS) is 20.6. The van der Waals surface area contributed by atoms with E-state index in [1.165, 1.54) is 17.3 Å². The van der Waals surface area contributed by atoms with Crippen LogP contribution < -0.4 is 4.90 Å². The minimum atomic E-state index is -1.52. The van der Waals surface area contributed by atoms with Crippen molar-refractivity contribution in [1.82, 2.24) is 34.9 Å². The van der Waals surface area contributed by atoms with Gasteiger partial charge in [0, 0.05) is 41.7 Å². The maximum Gasteiger partial charge on any atom is 0.251 e. The third-order valence-corrected chi connectivity index (χ3v) is 10.5. The number of piperazine rings is 1. The first-order chi connectivity index (χ1) is 23.8. The van der Waals surface area contributed by atoms with Crippen LogP contribution in [0.3, 0.4) is 0 Å². The van der Waals surface area contributed by atoms with E-state index in [-0.39, 0.29) is 64.8 Å². The standard InChI is InChI=1S/C37H40ClFN8O3/c1-9-26(48)45-15-25-36(49)44(8)35-33(46(25)14-20(45)7)21-12-23(38)28(27-19(6)10-11-24-22(27)13-42-43-24)29(39)32(21)47(37(35)50)34-30(17(2)3)40-16-41-31(34)18(4)5/h9-13,16-18,20,25,37,50H,1,14-15H2,2-8H3,(H,42,43). The minimum Gasteiger partial charge on any atom is -0.368 e. The second kappa shape index (κ2) is 12.2. The van der Waals surface area contributed by atoms with Crippen molar-refractivity contribution in [2.24, 2.45) is 0 Å². The van der Waals surface area contributed by atoms with E-state index in [9.17, 15) is 14.7 Å². The van der Waals surface area contributed by atoms with Gasteiger partial charge >= 0.3 is 0 Å². The van der Waals surface area contributed by atoms with Crippen molar-refractivity contribution in [2.45, 2.75) is 71.7 Å². The number of carbonyl (C=O) groups excluding carboxylic acids is 2. The Kier molecular flexibility index (Phi) is 8.22. The van der Waals surface area contributed by atoms with Crippen LogP contribution in [0.5, 0.6) is 0 Å². The number of carbonyl (C=O) groups is 2. The van der Waals surface area contributed by atoms with Crippen molar-refractivity contribution in [3.05, 3.63) is 82.4 Å². The van der Waals surface area contributed by atoms with Gasteiger partial charge in [-0.25, -0.2) is 14.4 Å². The van der Waals surface area contributed by atoms with Gasteiger partial charge in [-0.15, -0.1) is 0 Å². The van der Waals surface area contributed by atoms with Crippen molar-refractivity contribution in [1.29, 1.82) is 0 Å². The summed E-state index contributed by atoms with van der Waals surface area (Å²) in [6.45, 7) is 15.7. The second-order valence-electron chi connectivity index (χ2n) is 13.9.